The zero-order valence-corrected chi connectivity index (χ0v) is 17.5. The van der Waals surface area contributed by atoms with E-state index in [2.05, 4.69) is 42.4 Å². The largest absolute Gasteiger partial charge is 0.489 e. The molecule has 0 fully saturated rings. The van der Waals surface area contributed by atoms with Crippen LogP contribution in [-0.2, 0) is 6.61 Å². The molecule has 0 saturated heterocycles. The maximum atomic E-state index is 11.8. The fourth-order valence-corrected chi connectivity index (χ4v) is 3.85. The molecule has 26 heavy (non-hydrogen) atoms. The third kappa shape index (κ3) is 5.27. The lowest BCUT2D eigenvalue weighted by Gasteiger charge is -2.08. The van der Waals surface area contributed by atoms with E-state index in [9.17, 15) is 4.79 Å². The van der Waals surface area contributed by atoms with E-state index in [4.69, 9.17) is 4.74 Å². The molecule has 0 atom stereocenters. The Morgan fingerprint density at radius 2 is 1.96 bits per heavy atom. The van der Waals surface area contributed by atoms with E-state index < -0.39 is 0 Å². The number of hydrogen-bond acceptors (Lipinski definition) is 4. The molecule has 0 bridgehead atoms. The van der Waals surface area contributed by atoms with Crippen molar-refractivity contribution >= 4 is 55.3 Å². The Balaban J connectivity index is 1.53. The van der Waals surface area contributed by atoms with Crippen molar-refractivity contribution in [3.05, 3.63) is 84.9 Å². The van der Waals surface area contributed by atoms with Crippen molar-refractivity contribution in [2.75, 3.05) is 0 Å². The lowest BCUT2D eigenvalue weighted by molar-refractivity contribution is 0.0959. The molecule has 3 aromatic rings. The second-order valence-electron chi connectivity index (χ2n) is 5.27. The van der Waals surface area contributed by atoms with E-state index in [-0.39, 0.29) is 5.91 Å². The zero-order chi connectivity index (χ0) is 18.4. The van der Waals surface area contributed by atoms with E-state index in [1.807, 2.05) is 53.9 Å². The maximum Gasteiger partial charge on any atom is 0.281 e. The van der Waals surface area contributed by atoms with Crippen LogP contribution in [0.4, 0.5) is 0 Å². The van der Waals surface area contributed by atoms with Crippen LogP contribution in [0, 0.1) is 0 Å². The number of rotatable bonds is 6. The van der Waals surface area contributed by atoms with Crippen molar-refractivity contribution in [3.63, 3.8) is 0 Å². The summed E-state index contributed by atoms with van der Waals surface area (Å²) in [4.78, 5) is 12.4. The molecular formula is C19H14Br2N2O2S. The Labute approximate surface area is 172 Å². The van der Waals surface area contributed by atoms with Gasteiger partial charge >= 0.3 is 0 Å². The first kappa shape index (κ1) is 18.8. The summed E-state index contributed by atoms with van der Waals surface area (Å²) in [6.45, 7) is 0.470. The molecule has 0 saturated carbocycles. The standard InChI is InChI=1S/C19H14Br2N2O2S/c20-15-6-5-14(17(21)10-15)12-25-16-7-3-13(4-8-16)11-22-23-19(24)18-2-1-9-26-18/h1-11H,12H2,(H,23,24)/b22-11+. The monoisotopic (exact) mass is 492 g/mol. The Morgan fingerprint density at radius 3 is 2.65 bits per heavy atom. The smallest absolute Gasteiger partial charge is 0.281 e. The minimum absolute atomic E-state index is 0.212. The van der Waals surface area contributed by atoms with Gasteiger partial charge in [0.2, 0.25) is 0 Å². The van der Waals surface area contributed by atoms with Crippen molar-refractivity contribution in [1.82, 2.24) is 5.43 Å². The lowest BCUT2D eigenvalue weighted by Crippen LogP contribution is -2.16. The number of hydrogen-bond donors (Lipinski definition) is 1. The van der Waals surface area contributed by atoms with Gasteiger partial charge in [-0.3, -0.25) is 4.79 Å². The van der Waals surface area contributed by atoms with Crippen molar-refractivity contribution in [1.29, 1.82) is 0 Å². The van der Waals surface area contributed by atoms with Crippen LogP contribution in [0.5, 0.6) is 5.75 Å². The van der Waals surface area contributed by atoms with Crippen molar-refractivity contribution in [3.8, 4) is 5.75 Å². The van der Waals surface area contributed by atoms with Crippen molar-refractivity contribution in [2.24, 2.45) is 5.10 Å². The molecule has 1 heterocycles. The molecule has 2 aromatic carbocycles. The summed E-state index contributed by atoms with van der Waals surface area (Å²) in [7, 11) is 0. The predicted octanol–water partition coefficient (Wildman–Crippen LogP) is 5.62. The molecule has 0 radical (unpaired) electrons. The van der Waals surface area contributed by atoms with Gasteiger partial charge in [0.1, 0.15) is 12.4 Å². The third-order valence-corrected chi connectivity index (χ3v) is 5.51. The molecule has 132 valence electrons. The minimum Gasteiger partial charge on any atom is -0.489 e. The van der Waals surface area contributed by atoms with Gasteiger partial charge in [0.15, 0.2) is 0 Å². The molecule has 0 aliphatic heterocycles. The second kappa shape index (κ2) is 9.12. The van der Waals surface area contributed by atoms with Crippen LogP contribution in [0.15, 0.2) is 74.0 Å². The molecule has 0 unspecified atom stereocenters. The van der Waals surface area contributed by atoms with Gasteiger partial charge in [-0.1, -0.05) is 44.0 Å². The van der Waals surface area contributed by atoms with Crippen molar-refractivity contribution in [2.45, 2.75) is 6.61 Å². The Hall–Kier alpha value is -1.96. The fourth-order valence-electron chi connectivity index (χ4n) is 2.08. The summed E-state index contributed by atoms with van der Waals surface area (Å²) < 4.78 is 7.82. The normalized spacial score (nSPS) is 10.8. The van der Waals surface area contributed by atoms with E-state index in [1.165, 1.54) is 11.3 Å². The number of nitrogens with one attached hydrogen (secondary N) is 1. The van der Waals surface area contributed by atoms with Gasteiger partial charge in [-0.15, -0.1) is 11.3 Å². The number of hydrazone groups is 1. The van der Waals surface area contributed by atoms with Crippen molar-refractivity contribution < 1.29 is 9.53 Å². The highest BCUT2D eigenvalue weighted by Crippen LogP contribution is 2.23. The third-order valence-electron chi connectivity index (χ3n) is 3.41. The van der Waals surface area contributed by atoms with E-state index >= 15 is 0 Å². The van der Waals surface area contributed by atoms with Crippen LogP contribution >= 0.6 is 43.2 Å². The van der Waals surface area contributed by atoms with E-state index in [1.54, 1.807) is 12.3 Å². The molecule has 1 N–H and O–H groups in total. The summed E-state index contributed by atoms with van der Waals surface area (Å²) in [6, 6.07) is 17.1. The quantitative estimate of drug-likeness (QED) is 0.358. The van der Waals surface area contributed by atoms with Gasteiger partial charge in [-0.2, -0.15) is 5.10 Å². The van der Waals surface area contributed by atoms with Gasteiger partial charge < -0.3 is 4.74 Å². The minimum atomic E-state index is -0.212. The number of carbonyl (C=O) groups is 1. The summed E-state index contributed by atoms with van der Waals surface area (Å²) in [5.74, 6) is 0.552. The van der Waals surface area contributed by atoms with Crippen LogP contribution in [0.2, 0.25) is 0 Å². The first-order valence-electron chi connectivity index (χ1n) is 7.65. The van der Waals surface area contributed by atoms with Gasteiger partial charge in [0.25, 0.3) is 5.91 Å². The topological polar surface area (TPSA) is 50.7 Å². The number of nitrogens with zero attached hydrogens (tertiary/aromatic N) is 1. The van der Waals surface area contributed by atoms with Crippen LogP contribution in [0.1, 0.15) is 20.8 Å². The summed E-state index contributed by atoms with van der Waals surface area (Å²) in [5.41, 5.74) is 4.44. The zero-order valence-electron chi connectivity index (χ0n) is 13.5. The number of benzene rings is 2. The average Bonchev–Trinajstić information content (AvgIpc) is 3.17. The molecule has 1 amide bonds. The Morgan fingerprint density at radius 1 is 1.15 bits per heavy atom. The molecule has 0 aliphatic rings. The number of halogens is 2. The van der Waals surface area contributed by atoms with Gasteiger partial charge in [0, 0.05) is 14.5 Å². The van der Waals surface area contributed by atoms with Crippen LogP contribution in [0.3, 0.4) is 0 Å². The van der Waals surface area contributed by atoms with Crippen LogP contribution in [0.25, 0.3) is 0 Å². The lowest BCUT2D eigenvalue weighted by atomic mass is 10.2. The Bertz CT molecular complexity index is 910. The molecule has 0 spiro atoms. The Kier molecular flexibility index (Phi) is 6.60. The number of amides is 1. The molecular weight excluding hydrogens is 480 g/mol. The highest BCUT2D eigenvalue weighted by Gasteiger charge is 2.04. The first-order chi connectivity index (χ1) is 12.6. The second-order valence-corrected chi connectivity index (χ2v) is 7.99. The van der Waals surface area contributed by atoms with Crippen LogP contribution < -0.4 is 10.2 Å². The molecule has 3 rings (SSSR count). The SMILES string of the molecule is O=C(N/N=C/c1ccc(OCc2ccc(Br)cc2Br)cc1)c1cccs1. The average molecular weight is 494 g/mol. The summed E-state index contributed by atoms with van der Waals surface area (Å²) in [5, 5.41) is 5.82. The van der Waals surface area contributed by atoms with Crippen LogP contribution in [-0.4, -0.2) is 12.1 Å². The molecule has 0 aliphatic carbocycles. The molecule has 4 nitrogen and oxygen atoms in total. The van der Waals surface area contributed by atoms with E-state index in [0.717, 1.165) is 25.8 Å². The summed E-state index contributed by atoms with van der Waals surface area (Å²) in [6.07, 6.45) is 1.60. The van der Waals surface area contributed by atoms with Gasteiger partial charge in [-0.25, -0.2) is 5.43 Å². The highest BCUT2D eigenvalue weighted by atomic mass is 79.9. The predicted molar refractivity (Wildman–Crippen MR) is 112 cm³/mol. The molecule has 1 aromatic heterocycles. The fraction of sp³-hybridized carbons (Fsp3) is 0.0526. The number of carbonyl (C=O) groups excluding carboxylic acids is 1. The van der Waals surface area contributed by atoms with Gasteiger partial charge in [-0.05, 0) is 53.4 Å². The van der Waals surface area contributed by atoms with E-state index in [0.29, 0.717) is 11.5 Å². The highest BCUT2D eigenvalue weighted by molar-refractivity contribution is 9.11. The number of thiophene rings is 1. The maximum absolute atomic E-state index is 11.8. The van der Waals surface area contributed by atoms with Gasteiger partial charge in [0.05, 0.1) is 11.1 Å². The summed E-state index contributed by atoms with van der Waals surface area (Å²) >= 11 is 8.33. The molecule has 7 heteroatoms. The number of ether oxygens (including phenoxy) is 1. The first-order valence-corrected chi connectivity index (χ1v) is 10.1.